The highest BCUT2D eigenvalue weighted by molar-refractivity contribution is 5.69. The summed E-state index contributed by atoms with van der Waals surface area (Å²) in [6.07, 6.45) is 3.73. The van der Waals surface area contributed by atoms with Crippen molar-refractivity contribution in [2.45, 2.75) is 58.5 Å². The second kappa shape index (κ2) is 20.1. The number of carboxylic acid groups (broad SMARTS) is 1. The van der Waals surface area contributed by atoms with Crippen LogP contribution in [0.3, 0.4) is 0 Å². The van der Waals surface area contributed by atoms with Crippen LogP contribution in [0, 0.1) is 0 Å². The van der Waals surface area contributed by atoms with Gasteiger partial charge in [-0.15, -0.1) is 0 Å². The molecule has 6 nitrogen and oxygen atoms in total. The van der Waals surface area contributed by atoms with Crippen LogP contribution < -0.4 is 9.47 Å². The molecule has 0 bridgehead atoms. The number of benzene rings is 4. The van der Waals surface area contributed by atoms with Crippen molar-refractivity contribution >= 4 is 5.97 Å². The van der Waals surface area contributed by atoms with Gasteiger partial charge >= 0.3 is 5.97 Å². The highest BCUT2D eigenvalue weighted by Crippen LogP contribution is 2.17. The molecule has 1 unspecified atom stereocenters. The molecule has 4 aromatic carbocycles. The molecular formula is C40H52N2O4. The first kappa shape index (κ1) is 36.3. The quantitative estimate of drug-likeness (QED) is 0.132. The molecule has 6 heteroatoms. The van der Waals surface area contributed by atoms with Gasteiger partial charge in [0.05, 0.1) is 19.8 Å². The number of hydrogen-bond donors (Lipinski definition) is 1. The van der Waals surface area contributed by atoms with Crippen LogP contribution >= 0.6 is 0 Å². The zero-order valence-electron chi connectivity index (χ0n) is 28.3. The van der Waals surface area contributed by atoms with Gasteiger partial charge in [0.15, 0.2) is 0 Å². The Morgan fingerprint density at radius 3 is 1.37 bits per heavy atom. The topological polar surface area (TPSA) is 62.2 Å². The van der Waals surface area contributed by atoms with Crippen LogP contribution in [0.15, 0.2) is 109 Å². The van der Waals surface area contributed by atoms with Crippen LogP contribution in [0.2, 0.25) is 0 Å². The maximum Gasteiger partial charge on any atom is 0.317 e. The fraction of sp³-hybridized carbons (Fsp3) is 0.375. The minimum Gasteiger partial charge on any atom is -0.493 e. The number of rotatable bonds is 17. The van der Waals surface area contributed by atoms with Gasteiger partial charge in [-0.25, -0.2) is 0 Å². The van der Waals surface area contributed by atoms with Gasteiger partial charge in [-0.05, 0) is 93.8 Å². The molecule has 246 valence electrons. The normalized spacial score (nSPS) is 12.2. The summed E-state index contributed by atoms with van der Waals surface area (Å²) in [6, 6.07) is 38.0. The summed E-state index contributed by atoms with van der Waals surface area (Å²) < 4.78 is 11.6. The van der Waals surface area contributed by atoms with Crippen LogP contribution in [0.1, 0.15) is 43.0 Å². The Balaban J connectivity index is 0.000000251. The van der Waals surface area contributed by atoms with E-state index in [9.17, 15) is 4.79 Å². The number of carbonyl (C=O) groups is 1. The van der Waals surface area contributed by atoms with Gasteiger partial charge in [0, 0.05) is 24.9 Å². The van der Waals surface area contributed by atoms with Gasteiger partial charge in [-0.2, -0.15) is 0 Å². The molecule has 0 radical (unpaired) electrons. The Bertz CT molecular complexity index is 1380. The van der Waals surface area contributed by atoms with E-state index in [-0.39, 0.29) is 12.6 Å². The number of hydrogen-bond acceptors (Lipinski definition) is 5. The van der Waals surface area contributed by atoms with E-state index in [1.54, 1.807) is 0 Å². The summed E-state index contributed by atoms with van der Waals surface area (Å²) in [7, 11) is 4.01. The lowest BCUT2D eigenvalue weighted by molar-refractivity contribution is -0.138. The Morgan fingerprint density at radius 2 is 1.00 bits per heavy atom. The first-order chi connectivity index (χ1) is 22.2. The van der Waals surface area contributed by atoms with E-state index >= 15 is 0 Å². The fourth-order valence-corrected chi connectivity index (χ4v) is 4.98. The van der Waals surface area contributed by atoms with Gasteiger partial charge in [-0.1, -0.05) is 91.9 Å². The van der Waals surface area contributed by atoms with Crippen molar-refractivity contribution in [3.05, 3.63) is 131 Å². The molecule has 0 saturated carbocycles. The number of ether oxygens (including phenoxy) is 2. The molecule has 0 amide bonds. The Hall–Kier alpha value is -4.13. The number of likely N-dealkylation sites (N-methyl/N-ethyl adjacent to an activating group) is 2. The molecule has 0 saturated heterocycles. The minimum absolute atomic E-state index is 0.0574. The third-order valence-electron chi connectivity index (χ3n) is 8.30. The largest absolute Gasteiger partial charge is 0.493 e. The van der Waals surface area contributed by atoms with Crippen molar-refractivity contribution in [1.82, 2.24) is 9.80 Å². The third kappa shape index (κ3) is 13.9. The molecule has 0 aliphatic heterocycles. The van der Waals surface area contributed by atoms with Crippen LogP contribution in [-0.4, -0.2) is 73.4 Å². The van der Waals surface area contributed by atoms with Crippen molar-refractivity contribution in [2.24, 2.45) is 0 Å². The monoisotopic (exact) mass is 624 g/mol. The highest BCUT2D eigenvalue weighted by atomic mass is 16.5. The van der Waals surface area contributed by atoms with Gasteiger partial charge in [0.2, 0.25) is 0 Å². The second-order valence-electron chi connectivity index (χ2n) is 11.9. The van der Waals surface area contributed by atoms with E-state index < -0.39 is 5.97 Å². The van der Waals surface area contributed by atoms with Crippen molar-refractivity contribution in [1.29, 1.82) is 0 Å². The van der Waals surface area contributed by atoms with Crippen molar-refractivity contribution in [3.8, 4) is 11.5 Å². The maximum atomic E-state index is 10.8. The smallest absolute Gasteiger partial charge is 0.317 e. The summed E-state index contributed by atoms with van der Waals surface area (Å²) in [4.78, 5) is 15.0. The zero-order chi connectivity index (χ0) is 33.1. The average Bonchev–Trinajstić information content (AvgIpc) is 3.07. The summed E-state index contributed by atoms with van der Waals surface area (Å²) in [5.74, 6) is 1.02. The second-order valence-corrected chi connectivity index (χ2v) is 11.9. The molecule has 0 aliphatic carbocycles. The number of carboxylic acids is 1. The van der Waals surface area contributed by atoms with E-state index in [2.05, 4.69) is 86.5 Å². The van der Waals surface area contributed by atoms with Gasteiger partial charge < -0.3 is 19.5 Å². The van der Waals surface area contributed by atoms with Crippen LogP contribution in [0.25, 0.3) is 0 Å². The third-order valence-corrected chi connectivity index (χ3v) is 8.30. The van der Waals surface area contributed by atoms with E-state index in [1.165, 1.54) is 22.3 Å². The molecule has 0 fully saturated rings. The maximum absolute atomic E-state index is 10.8. The summed E-state index contributed by atoms with van der Waals surface area (Å²) >= 11 is 0. The first-order valence-corrected chi connectivity index (χ1v) is 16.4. The lowest BCUT2D eigenvalue weighted by Crippen LogP contribution is -2.35. The van der Waals surface area contributed by atoms with E-state index in [1.807, 2.05) is 67.4 Å². The van der Waals surface area contributed by atoms with Gasteiger partial charge in [-0.3, -0.25) is 9.69 Å². The van der Waals surface area contributed by atoms with Crippen LogP contribution in [0.4, 0.5) is 0 Å². The molecule has 4 aromatic rings. The molecule has 0 spiro atoms. The van der Waals surface area contributed by atoms with Crippen molar-refractivity contribution < 1.29 is 19.4 Å². The van der Waals surface area contributed by atoms with E-state index in [4.69, 9.17) is 14.6 Å². The molecule has 1 N–H and O–H groups in total. The molecule has 0 heterocycles. The average molecular weight is 625 g/mol. The molecule has 2 atom stereocenters. The SMILES string of the molecule is CCN(C)C(C)Cc1ccc(OCCc2ccccc2)cc1.C[C@H](Cc1ccc(OCCc2ccccc2)cc1)N(C)CC(=O)O. The lowest BCUT2D eigenvalue weighted by atomic mass is 10.1. The fourth-order valence-electron chi connectivity index (χ4n) is 4.98. The van der Waals surface area contributed by atoms with E-state index in [0.717, 1.165) is 50.3 Å². The number of nitrogens with zero attached hydrogens (tertiary/aromatic N) is 2. The molecule has 46 heavy (non-hydrogen) atoms. The highest BCUT2D eigenvalue weighted by Gasteiger charge is 2.13. The summed E-state index contributed by atoms with van der Waals surface area (Å²) in [6.45, 7) is 9.02. The molecular weight excluding hydrogens is 572 g/mol. The minimum atomic E-state index is -0.800. The molecule has 0 aromatic heterocycles. The Kier molecular flexibility index (Phi) is 15.9. The van der Waals surface area contributed by atoms with E-state index in [0.29, 0.717) is 12.6 Å². The Morgan fingerprint density at radius 1 is 0.609 bits per heavy atom. The van der Waals surface area contributed by atoms with Gasteiger partial charge in [0.25, 0.3) is 0 Å². The van der Waals surface area contributed by atoms with Crippen LogP contribution in [-0.2, 0) is 30.5 Å². The first-order valence-electron chi connectivity index (χ1n) is 16.4. The number of aliphatic carboxylic acids is 1. The summed E-state index contributed by atoms with van der Waals surface area (Å²) in [5, 5.41) is 8.84. The predicted molar refractivity (Wildman–Crippen MR) is 189 cm³/mol. The standard InChI is InChI=1S/C20H25NO3.C20H27NO/c1-16(21(2)15-20(22)23)14-18-8-10-19(11-9-18)24-13-12-17-6-4-3-5-7-17;1-4-21(3)17(2)16-19-10-12-20(13-11-19)22-15-14-18-8-6-5-7-9-18/h3-11,16H,12-15H2,1-2H3,(H,22,23);5-13,17H,4,14-16H2,1-3H3/t16-;/m1./s1. The van der Waals surface area contributed by atoms with Gasteiger partial charge in [0.1, 0.15) is 11.5 Å². The van der Waals surface area contributed by atoms with Crippen molar-refractivity contribution in [3.63, 3.8) is 0 Å². The molecule has 0 aliphatic rings. The Labute approximate surface area is 276 Å². The lowest BCUT2D eigenvalue weighted by Gasteiger charge is -2.23. The summed E-state index contributed by atoms with van der Waals surface area (Å²) in [5.41, 5.74) is 5.12. The molecule has 4 rings (SSSR count). The zero-order valence-corrected chi connectivity index (χ0v) is 28.3. The van der Waals surface area contributed by atoms with Crippen LogP contribution in [0.5, 0.6) is 11.5 Å². The predicted octanol–water partition coefficient (Wildman–Crippen LogP) is 7.45. The van der Waals surface area contributed by atoms with Crippen molar-refractivity contribution in [2.75, 3.05) is 40.4 Å².